The standard InChI is InChI=1S/C15H24N4O3/c1-9-16-13(22-18-9)19-7-10-5-6-11(8-19)12(10)17-14(20)21-15(2,3)4/h10-12H,5-8H2,1-4H3,(H,17,20)/t10-,11+,12-. The third kappa shape index (κ3) is 3.18. The van der Waals surface area contributed by atoms with Gasteiger partial charge in [-0.15, -0.1) is 0 Å². The first-order chi connectivity index (χ1) is 10.3. The van der Waals surface area contributed by atoms with E-state index < -0.39 is 5.60 Å². The zero-order valence-electron chi connectivity index (χ0n) is 13.6. The maximum absolute atomic E-state index is 12.0. The van der Waals surface area contributed by atoms with Gasteiger partial charge in [0.05, 0.1) is 0 Å². The molecule has 0 unspecified atom stereocenters. The van der Waals surface area contributed by atoms with Crippen molar-refractivity contribution in [1.82, 2.24) is 15.5 Å². The van der Waals surface area contributed by atoms with Crippen LogP contribution in [0, 0.1) is 18.8 Å². The molecule has 1 saturated heterocycles. The van der Waals surface area contributed by atoms with Crippen molar-refractivity contribution in [2.75, 3.05) is 18.0 Å². The molecule has 1 N–H and O–H groups in total. The Morgan fingerprint density at radius 2 is 1.95 bits per heavy atom. The predicted molar refractivity (Wildman–Crippen MR) is 80.6 cm³/mol. The van der Waals surface area contributed by atoms with Gasteiger partial charge in [-0.25, -0.2) is 4.79 Å². The number of nitrogens with one attached hydrogen (secondary N) is 1. The summed E-state index contributed by atoms with van der Waals surface area (Å²) in [7, 11) is 0. The fraction of sp³-hybridized carbons (Fsp3) is 0.800. The number of piperidine rings is 1. The summed E-state index contributed by atoms with van der Waals surface area (Å²) >= 11 is 0. The molecule has 7 heteroatoms. The molecule has 1 amide bonds. The largest absolute Gasteiger partial charge is 0.444 e. The molecule has 0 radical (unpaired) electrons. The first-order valence-corrected chi connectivity index (χ1v) is 7.86. The van der Waals surface area contributed by atoms with Gasteiger partial charge in [-0.3, -0.25) is 0 Å². The minimum absolute atomic E-state index is 0.176. The van der Waals surface area contributed by atoms with Crippen LogP contribution in [0.5, 0.6) is 0 Å². The maximum Gasteiger partial charge on any atom is 0.407 e. The van der Waals surface area contributed by atoms with Gasteiger partial charge in [-0.05, 0) is 52.4 Å². The second-order valence-corrected chi connectivity index (χ2v) is 7.30. The molecule has 2 fully saturated rings. The number of amides is 1. The van der Waals surface area contributed by atoms with E-state index in [0.717, 1.165) is 25.9 Å². The Kier molecular flexibility index (Phi) is 3.74. The molecule has 7 nitrogen and oxygen atoms in total. The highest BCUT2D eigenvalue weighted by Crippen LogP contribution is 2.38. The topological polar surface area (TPSA) is 80.5 Å². The van der Waals surface area contributed by atoms with Crippen molar-refractivity contribution in [3.63, 3.8) is 0 Å². The van der Waals surface area contributed by atoms with Gasteiger partial charge in [0, 0.05) is 19.1 Å². The van der Waals surface area contributed by atoms with Crippen molar-refractivity contribution < 1.29 is 14.1 Å². The Morgan fingerprint density at radius 1 is 1.32 bits per heavy atom. The van der Waals surface area contributed by atoms with Crippen molar-refractivity contribution in [1.29, 1.82) is 0 Å². The van der Waals surface area contributed by atoms with E-state index in [-0.39, 0.29) is 12.1 Å². The van der Waals surface area contributed by atoms with Crippen molar-refractivity contribution in [3.05, 3.63) is 5.82 Å². The van der Waals surface area contributed by atoms with Crippen LogP contribution in [0.4, 0.5) is 10.8 Å². The Labute approximate surface area is 130 Å². The van der Waals surface area contributed by atoms with E-state index in [4.69, 9.17) is 9.26 Å². The third-order valence-electron chi connectivity index (χ3n) is 4.30. The van der Waals surface area contributed by atoms with Crippen molar-refractivity contribution in [3.8, 4) is 0 Å². The first kappa shape index (κ1) is 15.1. The van der Waals surface area contributed by atoms with E-state index in [1.165, 1.54) is 0 Å². The van der Waals surface area contributed by atoms with Crippen molar-refractivity contribution in [2.45, 2.75) is 52.2 Å². The molecule has 1 aliphatic heterocycles. The molecule has 0 aromatic carbocycles. The molecule has 2 aliphatic rings. The number of fused-ring (bicyclic) bond motifs is 2. The van der Waals surface area contributed by atoms with E-state index in [1.807, 2.05) is 27.7 Å². The average molecular weight is 308 g/mol. The van der Waals surface area contributed by atoms with Crippen LogP contribution in [0.3, 0.4) is 0 Å². The number of alkyl carbamates (subject to hydrolysis) is 1. The highest BCUT2D eigenvalue weighted by Gasteiger charge is 2.44. The molecule has 22 heavy (non-hydrogen) atoms. The van der Waals surface area contributed by atoms with Crippen LogP contribution in [0.15, 0.2) is 4.52 Å². The molecule has 122 valence electrons. The van der Waals surface area contributed by atoms with Gasteiger partial charge < -0.3 is 19.5 Å². The molecular weight excluding hydrogens is 284 g/mol. The average Bonchev–Trinajstić information content (AvgIpc) is 2.89. The SMILES string of the molecule is Cc1noc(N2C[C@H]3CC[C@@H](C2)[C@@H]3NC(=O)OC(C)(C)C)n1. The quantitative estimate of drug-likeness (QED) is 0.901. The normalized spacial score (nSPS) is 27.8. The number of carbonyl (C=O) groups excluding carboxylic acids is 1. The molecule has 0 spiro atoms. The molecule has 1 saturated carbocycles. The number of hydrogen-bond donors (Lipinski definition) is 1. The second-order valence-electron chi connectivity index (χ2n) is 7.30. The molecule has 1 aliphatic carbocycles. The van der Waals surface area contributed by atoms with E-state index in [1.54, 1.807) is 0 Å². The van der Waals surface area contributed by atoms with Gasteiger partial charge in [0.2, 0.25) is 0 Å². The molecule has 3 rings (SSSR count). The van der Waals surface area contributed by atoms with Crippen LogP contribution >= 0.6 is 0 Å². The lowest BCUT2D eigenvalue weighted by Gasteiger charge is -2.37. The van der Waals surface area contributed by atoms with Crippen molar-refractivity contribution in [2.24, 2.45) is 11.8 Å². The number of carbonyl (C=O) groups is 1. The smallest absolute Gasteiger partial charge is 0.407 e. The van der Waals surface area contributed by atoms with E-state index in [9.17, 15) is 4.79 Å². The first-order valence-electron chi connectivity index (χ1n) is 7.86. The van der Waals surface area contributed by atoms with Gasteiger partial charge in [0.25, 0.3) is 0 Å². The summed E-state index contributed by atoms with van der Waals surface area (Å²) in [6.45, 7) is 9.11. The third-order valence-corrected chi connectivity index (χ3v) is 4.30. The van der Waals surface area contributed by atoms with Crippen LogP contribution in [0.2, 0.25) is 0 Å². The van der Waals surface area contributed by atoms with Crippen LogP contribution < -0.4 is 10.2 Å². The lowest BCUT2D eigenvalue weighted by Crippen LogP contribution is -2.53. The number of rotatable bonds is 2. The van der Waals surface area contributed by atoms with Crippen LogP contribution in [0.1, 0.15) is 39.4 Å². The van der Waals surface area contributed by atoms with Gasteiger partial charge >= 0.3 is 12.1 Å². The number of aromatic nitrogens is 2. The molecular formula is C15H24N4O3. The molecule has 2 bridgehead atoms. The maximum atomic E-state index is 12.0. The van der Waals surface area contributed by atoms with E-state index in [2.05, 4.69) is 20.4 Å². The van der Waals surface area contributed by atoms with Crippen LogP contribution in [-0.4, -0.2) is 41.0 Å². The summed E-state index contributed by atoms with van der Waals surface area (Å²) in [6.07, 6.45) is 1.89. The summed E-state index contributed by atoms with van der Waals surface area (Å²) in [6, 6.07) is 0.764. The fourth-order valence-corrected chi connectivity index (χ4v) is 3.47. The number of aryl methyl sites for hydroxylation is 1. The lowest BCUT2D eigenvalue weighted by atomic mass is 9.92. The van der Waals surface area contributed by atoms with Crippen LogP contribution in [-0.2, 0) is 4.74 Å². The predicted octanol–water partition coefficient (Wildman–Crippen LogP) is 2.12. The monoisotopic (exact) mass is 308 g/mol. The summed E-state index contributed by atoms with van der Waals surface area (Å²) in [5.41, 5.74) is -0.467. The highest BCUT2D eigenvalue weighted by molar-refractivity contribution is 5.68. The minimum atomic E-state index is -0.467. The van der Waals surface area contributed by atoms with Gasteiger partial charge in [-0.1, -0.05) is 5.16 Å². The fourth-order valence-electron chi connectivity index (χ4n) is 3.47. The van der Waals surface area contributed by atoms with Gasteiger partial charge in [-0.2, -0.15) is 4.98 Å². The van der Waals surface area contributed by atoms with E-state index >= 15 is 0 Å². The van der Waals surface area contributed by atoms with Gasteiger partial charge in [0.15, 0.2) is 5.82 Å². The molecule has 1 aromatic rings. The minimum Gasteiger partial charge on any atom is -0.444 e. The Bertz CT molecular complexity index is 537. The summed E-state index contributed by atoms with van der Waals surface area (Å²) in [5, 5.41) is 6.91. The van der Waals surface area contributed by atoms with E-state index in [0.29, 0.717) is 23.7 Å². The summed E-state index contributed by atoms with van der Waals surface area (Å²) in [4.78, 5) is 18.4. The second kappa shape index (κ2) is 5.44. The van der Waals surface area contributed by atoms with Crippen LogP contribution in [0.25, 0.3) is 0 Å². The van der Waals surface area contributed by atoms with Crippen molar-refractivity contribution >= 4 is 12.1 Å². The zero-order chi connectivity index (χ0) is 15.9. The highest BCUT2D eigenvalue weighted by atomic mass is 16.6. The molecule has 2 heterocycles. The number of nitrogens with zero attached hydrogens (tertiary/aromatic N) is 3. The summed E-state index contributed by atoms with van der Waals surface area (Å²) < 4.78 is 10.6. The summed E-state index contributed by atoms with van der Waals surface area (Å²) in [5.74, 6) is 1.45. The number of ether oxygens (including phenoxy) is 1. The number of anilines is 1. The number of hydrogen-bond acceptors (Lipinski definition) is 6. The van der Waals surface area contributed by atoms with Gasteiger partial charge in [0.1, 0.15) is 5.60 Å². The zero-order valence-corrected chi connectivity index (χ0v) is 13.6. The molecule has 3 atom stereocenters. The Morgan fingerprint density at radius 3 is 2.45 bits per heavy atom. The Balaban J connectivity index is 1.62. The molecule has 1 aromatic heterocycles. The Hall–Kier alpha value is -1.79. The lowest BCUT2D eigenvalue weighted by molar-refractivity contribution is 0.0472.